The smallest absolute Gasteiger partial charge is 0.407 e. The molecule has 2 unspecified atom stereocenters. The van der Waals surface area contributed by atoms with Crippen molar-refractivity contribution in [3.63, 3.8) is 0 Å². The third-order valence-electron chi connectivity index (χ3n) is 6.27. The Bertz CT molecular complexity index is 1020. The number of hydrogen-bond acceptors (Lipinski definition) is 10. The lowest BCUT2D eigenvalue weighted by atomic mass is 10.0. The number of amides is 2. The predicted octanol–water partition coefficient (Wildman–Crippen LogP) is 2.46. The van der Waals surface area contributed by atoms with Gasteiger partial charge in [0.25, 0.3) is 0 Å². The maximum atomic E-state index is 12.0. The average molecular weight is 579 g/mol. The van der Waals surface area contributed by atoms with Crippen molar-refractivity contribution in [3.8, 4) is 0 Å². The molecule has 12 nitrogen and oxygen atoms in total. The van der Waals surface area contributed by atoms with E-state index in [4.69, 9.17) is 14.2 Å². The van der Waals surface area contributed by atoms with Crippen LogP contribution in [0, 0.1) is 11.8 Å². The minimum atomic E-state index is -0.576. The van der Waals surface area contributed by atoms with Crippen LogP contribution in [0.1, 0.15) is 47.1 Å². The van der Waals surface area contributed by atoms with Gasteiger partial charge in [-0.1, -0.05) is 30.3 Å². The molecule has 0 radical (unpaired) electrons. The second-order valence-corrected chi connectivity index (χ2v) is 12.1. The molecule has 12 heteroatoms. The van der Waals surface area contributed by atoms with Gasteiger partial charge in [-0.05, 0) is 47.1 Å². The second-order valence-electron chi connectivity index (χ2n) is 12.1. The van der Waals surface area contributed by atoms with Crippen LogP contribution >= 0.6 is 0 Å². The number of nitrogens with zero attached hydrogens (tertiary/aromatic N) is 1. The van der Waals surface area contributed by atoms with Gasteiger partial charge in [-0.2, -0.15) is 0 Å². The van der Waals surface area contributed by atoms with Crippen molar-refractivity contribution in [2.45, 2.75) is 71.4 Å². The summed E-state index contributed by atoms with van der Waals surface area (Å²) in [5.41, 5.74) is 0.0448. The highest BCUT2D eigenvalue weighted by atomic mass is 16.6. The van der Waals surface area contributed by atoms with Gasteiger partial charge in [0, 0.05) is 32.7 Å². The summed E-state index contributed by atoms with van der Waals surface area (Å²) < 4.78 is 20.0. The number of hydrogen-bond donors (Lipinski definition) is 3. The Labute approximate surface area is 242 Å². The first kappa shape index (κ1) is 33.8. The van der Waals surface area contributed by atoms with E-state index in [-0.39, 0.29) is 29.9 Å². The zero-order valence-corrected chi connectivity index (χ0v) is 25.4. The molecular weight excluding hydrogens is 532 g/mol. The molecule has 1 aromatic carbocycles. The highest BCUT2D eigenvalue weighted by molar-refractivity contribution is 5.76. The van der Waals surface area contributed by atoms with Gasteiger partial charge in [0.05, 0.1) is 38.1 Å². The number of alkyl carbamates (subject to hydrolysis) is 2. The number of carbonyl (C=O) groups is 4. The van der Waals surface area contributed by atoms with E-state index in [1.54, 1.807) is 41.5 Å². The molecular formula is C29H46N4O8. The number of rotatable bonds is 6. The van der Waals surface area contributed by atoms with Crippen LogP contribution in [0.4, 0.5) is 9.59 Å². The highest BCUT2D eigenvalue weighted by Crippen LogP contribution is 2.21. The second kappa shape index (κ2) is 15.0. The molecule has 2 fully saturated rings. The fourth-order valence-electron chi connectivity index (χ4n) is 4.54. The van der Waals surface area contributed by atoms with E-state index in [0.717, 1.165) is 6.54 Å². The maximum Gasteiger partial charge on any atom is 0.407 e. The highest BCUT2D eigenvalue weighted by Gasteiger charge is 2.40. The third-order valence-corrected chi connectivity index (χ3v) is 6.27. The first-order valence-electron chi connectivity index (χ1n) is 13.7. The molecule has 0 spiro atoms. The van der Waals surface area contributed by atoms with Crippen LogP contribution in [0.5, 0.6) is 0 Å². The van der Waals surface area contributed by atoms with Gasteiger partial charge in [0.1, 0.15) is 11.2 Å². The molecule has 2 aliphatic heterocycles. The van der Waals surface area contributed by atoms with Gasteiger partial charge >= 0.3 is 24.1 Å². The number of nitrogens with one attached hydrogen (secondary N) is 3. The molecule has 2 amide bonds. The van der Waals surface area contributed by atoms with Gasteiger partial charge in [-0.15, -0.1) is 0 Å². The van der Waals surface area contributed by atoms with Gasteiger partial charge < -0.3 is 34.9 Å². The molecule has 3 N–H and O–H groups in total. The Hall–Kier alpha value is -3.38. The number of esters is 2. The van der Waals surface area contributed by atoms with Crippen LogP contribution in [0.25, 0.3) is 0 Å². The molecule has 2 aliphatic rings. The number of ether oxygens (including phenoxy) is 4. The van der Waals surface area contributed by atoms with Crippen LogP contribution < -0.4 is 16.0 Å². The Kier molecular flexibility index (Phi) is 12.4. The lowest BCUT2D eigenvalue weighted by molar-refractivity contribution is -0.146. The zero-order chi connectivity index (χ0) is 30.8. The lowest BCUT2D eigenvalue weighted by Gasteiger charge is -2.23. The summed E-state index contributed by atoms with van der Waals surface area (Å²) in [5, 5.41) is 8.52. The van der Waals surface area contributed by atoms with Crippen LogP contribution in [0.3, 0.4) is 0 Å². The quantitative estimate of drug-likeness (QED) is 0.340. The third kappa shape index (κ3) is 11.9. The topological polar surface area (TPSA) is 145 Å². The van der Waals surface area contributed by atoms with Gasteiger partial charge in [0.15, 0.2) is 0 Å². The van der Waals surface area contributed by atoms with Gasteiger partial charge in [-0.3, -0.25) is 14.5 Å². The largest absolute Gasteiger partial charge is 0.469 e. The number of methoxy groups -OCH3 is 2. The standard InChI is InChI=1S/C18H26N2O4.C11H20N2O4/c1-18(2,3)24-17(22)19-15-12-20(11-14(15)16(21)23-4)10-13-8-6-5-7-9-13;1-11(2,3)17-10(15)13-8-6-12-5-7(8)9(14)16-4/h5-9,14-15H,10-12H2,1-4H3,(H,19,22);7-8,12H,5-6H2,1-4H3,(H,13,15)/t14?,15-;7?,8-/m11/s1. The first-order chi connectivity index (χ1) is 19.1. The van der Waals surface area contributed by atoms with Crippen molar-refractivity contribution in [2.75, 3.05) is 40.4 Å². The molecule has 2 saturated heterocycles. The van der Waals surface area contributed by atoms with Gasteiger partial charge in [-0.25, -0.2) is 9.59 Å². The van der Waals surface area contributed by atoms with Crippen LogP contribution in [-0.4, -0.2) is 92.7 Å². The molecule has 3 rings (SSSR count). The maximum absolute atomic E-state index is 12.0. The minimum Gasteiger partial charge on any atom is -0.469 e. The molecule has 1 aromatic rings. The molecule has 0 aromatic heterocycles. The molecule has 2 heterocycles. The number of benzene rings is 1. The van der Waals surface area contributed by atoms with Crippen molar-refractivity contribution in [2.24, 2.45) is 11.8 Å². The van der Waals surface area contributed by atoms with Crippen LogP contribution in [-0.2, 0) is 35.1 Å². The molecule has 0 saturated carbocycles. The SMILES string of the molecule is COC(=O)C1CN(Cc2ccccc2)C[C@H]1NC(=O)OC(C)(C)C.COC(=O)C1CNC[C@H]1NC(=O)OC(C)(C)C. The van der Waals surface area contributed by atoms with Crippen LogP contribution in [0.2, 0.25) is 0 Å². The summed E-state index contributed by atoms with van der Waals surface area (Å²) >= 11 is 0. The van der Waals surface area contributed by atoms with Crippen molar-refractivity contribution >= 4 is 24.1 Å². The molecule has 41 heavy (non-hydrogen) atoms. The van der Waals surface area contributed by atoms with Crippen molar-refractivity contribution in [3.05, 3.63) is 35.9 Å². The van der Waals surface area contributed by atoms with E-state index >= 15 is 0 Å². The summed E-state index contributed by atoms with van der Waals surface area (Å²) in [7, 11) is 2.71. The summed E-state index contributed by atoms with van der Waals surface area (Å²) in [6, 6.07) is 9.42. The fourth-order valence-corrected chi connectivity index (χ4v) is 4.54. The predicted molar refractivity (Wildman–Crippen MR) is 152 cm³/mol. The van der Waals surface area contributed by atoms with E-state index in [1.807, 2.05) is 30.3 Å². The average Bonchev–Trinajstić information content (AvgIpc) is 3.48. The Morgan fingerprint density at radius 2 is 1.29 bits per heavy atom. The fraction of sp³-hybridized carbons (Fsp3) is 0.655. The zero-order valence-electron chi connectivity index (χ0n) is 25.4. The van der Waals surface area contributed by atoms with Crippen molar-refractivity contribution < 1.29 is 38.1 Å². The van der Waals surface area contributed by atoms with E-state index in [9.17, 15) is 19.2 Å². The summed E-state index contributed by atoms with van der Waals surface area (Å²) in [4.78, 5) is 49.2. The molecule has 0 bridgehead atoms. The van der Waals surface area contributed by atoms with Crippen molar-refractivity contribution in [1.82, 2.24) is 20.9 Å². The Balaban J connectivity index is 0.000000305. The first-order valence-corrected chi connectivity index (χ1v) is 13.7. The molecule has 0 aliphatic carbocycles. The Morgan fingerprint density at radius 1 is 0.780 bits per heavy atom. The monoisotopic (exact) mass is 578 g/mol. The normalized spacial score (nSPS) is 22.5. The molecule has 230 valence electrons. The lowest BCUT2D eigenvalue weighted by Crippen LogP contribution is -2.45. The summed E-state index contributed by atoms with van der Waals surface area (Å²) in [6.07, 6.45) is -1.02. The Morgan fingerprint density at radius 3 is 1.80 bits per heavy atom. The van der Waals surface area contributed by atoms with E-state index in [0.29, 0.717) is 26.2 Å². The number of carbonyl (C=O) groups excluding carboxylic acids is 4. The van der Waals surface area contributed by atoms with Crippen molar-refractivity contribution in [1.29, 1.82) is 0 Å². The van der Waals surface area contributed by atoms with E-state index in [2.05, 4.69) is 25.6 Å². The van der Waals surface area contributed by atoms with E-state index < -0.39 is 29.3 Å². The number of likely N-dealkylation sites (tertiary alicyclic amines) is 1. The summed E-state index contributed by atoms with van der Waals surface area (Å²) in [6.45, 7) is 13.7. The van der Waals surface area contributed by atoms with Crippen LogP contribution in [0.15, 0.2) is 30.3 Å². The van der Waals surface area contributed by atoms with E-state index in [1.165, 1.54) is 19.8 Å². The molecule has 4 atom stereocenters. The summed E-state index contributed by atoms with van der Waals surface area (Å²) in [5.74, 6) is -1.39. The van der Waals surface area contributed by atoms with Gasteiger partial charge in [0.2, 0.25) is 0 Å². The minimum absolute atomic E-state index is 0.280.